The second kappa shape index (κ2) is 7.91. The molecule has 0 radical (unpaired) electrons. The predicted octanol–water partition coefficient (Wildman–Crippen LogP) is 4.75. The Hall–Kier alpha value is -2.79. The van der Waals surface area contributed by atoms with E-state index >= 15 is 0 Å². The second-order valence-corrected chi connectivity index (χ2v) is 7.99. The van der Waals surface area contributed by atoms with E-state index in [-0.39, 0.29) is 12.0 Å². The van der Waals surface area contributed by atoms with Gasteiger partial charge in [0.2, 0.25) is 0 Å². The van der Waals surface area contributed by atoms with Crippen LogP contribution in [-0.2, 0) is 4.84 Å². The second-order valence-electron chi connectivity index (χ2n) is 7.99. The third-order valence-electron chi connectivity index (χ3n) is 6.20. The molecule has 5 heteroatoms. The van der Waals surface area contributed by atoms with E-state index < -0.39 is 0 Å². The molecule has 0 saturated carbocycles. The van der Waals surface area contributed by atoms with Gasteiger partial charge in [0.15, 0.2) is 6.10 Å². The molecule has 0 aliphatic carbocycles. The lowest BCUT2D eigenvalue weighted by molar-refractivity contribution is 0.0496. The van der Waals surface area contributed by atoms with Gasteiger partial charge in [-0.1, -0.05) is 29.8 Å². The number of H-pyrrole nitrogens is 1. The smallest absolute Gasteiger partial charge is 0.164 e. The molecule has 150 valence electrons. The number of fused-ring (bicyclic) bond motifs is 1. The molecule has 2 aliphatic rings. The van der Waals surface area contributed by atoms with Crippen LogP contribution >= 0.6 is 0 Å². The van der Waals surface area contributed by atoms with Crippen molar-refractivity contribution in [1.29, 1.82) is 0 Å². The number of oxime groups is 1. The van der Waals surface area contributed by atoms with Crippen molar-refractivity contribution in [2.24, 2.45) is 11.1 Å². The zero-order valence-corrected chi connectivity index (χ0v) is 16.8. The Labute approximate surface area is 171 Å². The van der Waals surface area contributed by atoms with Crippen LogP contribution < -0.4 is 4.74 Å². The third-order valence-corrected chi connectivity index (χ3v) is 6.20. The summed E-state index contributed by atoms with van der Waals surface area (Å²) < 4.78 is 5.32. The zero-order chi connectivity index (χ0) is 19.6. The summed E-state index contributed by atoms with van der Waals surface area (Å²) >= 11 is 0. The monoisotopic (exact) mass is 389 g/mol. The third kappa shape index (κ3) is 3.51. The molecule has 0 bridgehead atoms. The van der Waals surface area contributed by atoms with Crippen molar-refractivity contribution >= 4 is 16.6 Å². The molecule has 1 aromatic heterocycles. The first kappa shape index (κ1) is 18.3. The summed E-state index contributed by atoms with van der Waals surface area (Å²) in [4.78, 5) is 12.1. The van der Waals surface area contributed by atoms with Gasteiger partial charge in [0.1, 0.15) is 5.75 Å². The lowest BCUT2D eigenvalue weighted by Gasteiger charge is -2.30. The van der Waals surface area contributed by atoms with E-state index in [9.17, 15) is 0 Å². The molecule has 3 heterocycles. The normalized spacial score (nSPS) is 22.4. The van der Waals surface area contributed by atoms with Crippen LogP contribution in [0.2, 0.25) is 0 Å². The average Bonchev–Trinajstić information content (AvgIpc) is 3.38. The fourth-order valence-corrected chi connectivity index (χ4v) is 4.63. The number of hydrogen-bond donors (Lipinski definition) is 1. The number of nitrogens with one attached hydrogen (secondary N) is 1. The zero-order valence-electron chi connectivity index (χ0n) is 16.8. The van der Waals surface area contributed by atoms with Crippen LogP contribution in [0.25, 0.3) is 10.9 Å². The predicted molar refractivity (Wildman–Crippen MR) is 115 cm³/mol. The summed E-state index contributed by atoms with van der Waals surface area (Å²) in [5, 5.41) is 5.80. The van der Waals surface area contributed by atoms with Crippen molar-refractivity contribution in [1.82, 2.24) is 9.88 Å². The standard InChI is InChI=1S/C24H27N3O2/c1-28-18-11-9-17(10-12-18)23-21(16-27-13-5-2-6-14-27)24(29-26-23)20-15-25-22-8-4-3-7-19(20)22/h3-4,7-12,15,21,24-25H,2,5-6,13-14,16H2,1H3. The van der Waals surface area contributed by atoms with Crippen LogP contribution in [0.3, 0.4) is 0 Å². The Morgan fingerprint density at radius 3 is 2.66 bits per heavy atom. The topological polar surface area (TPSA) is 49.9 Å². The number of likely N-dealkylation sites (tertiary alicyclic amines) is 1. The minimum absolute atomic E-state index is 0.0785. The highest BCUT2D eigenvalue weighted by atomic mass is 16.6. The van der Waals surface area contributed by atoms with Gasteiger partial charge in [-0.05, 0) is 56.3 Å². The van der Waals surface area contributed by atoms with Gasteiger partial charge in [0.25, 0.3) is 0 Å². The molecule has 2 aromatic carbocycles. The van der Waals surface area contributed by atoms with Gasteiger partial charge in [0, 0.05) is 34.8 Å². The molecular formula is C24H27N3O2. The Bertz CT molecular complexity index is 1000. The number of aromatic nitrogens is 1. The van der Waals surface area contributed by atoms with E-state index in [2.05, 4.69) is 57.6 Å². The highest BCUT2D eigenvalue weighted by molar-refractivity contribution is 6.03. The van der Waals surface area contributed by atoms with Gasteiger partial charge in [-0.25, -0.2) is 0 Å². The largest absolute Gasteiger partial charge is 0.497 e. The highest BCUT2D eigenvalue weighted by Gasteiger charge is 2.38. The van der Waals surface area contributed by atoms with Crippen LogP contribution in [0, 0.1) is 5.92 Å². The molecule has 5 nitrogen and oxygen atoms in total. The molecule has 0 spiro atoms. The van der Waals surface area contributed by atoms with Crippen LogP contribution in [0.15, 0.2) is 59.9 Å². The number of ether oxygens (including phenoxy) is 1. The number of aromatic amines is 1. The number of nitrogens with zero attached hydrogens (tertiary/aromatic N) is 2. The Kier molecular flexibility index (Phi) is 4.98. The van der Waals surface area contributed by atoms with Gasteiger partial charge >= 0.3 is 0 Å². The SMILES string of the molecule is COc1ccc(C2=NOC(c3c[nH]c4ccccc34)C2CN2CCCCC2)cc1. The summed E-state index contributed by atoms with van der Waals surface area (Å²) in [7, 11) is 1.69. The van der Waals surface area contributed by atoms with Gasteiger partial charge < -0.3 is 19.5 Å². The number of benzene rings is 2. The van der Waals surface area contributed by atoms with Crippen LogP contribution in [-0.4, -0.2) is 42.3 Å². The summed E-state index contributed by atoms with van der Waals surface area (Å²) in [6, 6.07) is 16.6. The van der Waals surface area contributed by atoms with Crippen LogP contribution in [0.4, 0.5) is 0 Å². The number of para-hydroxylation sites is 1. The highest BCUT2D eigenvalue weighted by Crippen LogP contribution is 2.39. The van der Waals surface area contributed by atoms with E-state index in [4.69, 9.17) is 9.57 Å². The molecule has 2 aliphatic heterocycles. The lowest BCUT2D eigenvalue weighted by Crippen LogP contribution is -2.38. The van der Waals surface area contributed by atoms with E-state index in [1.807, 2.05) is 12.1 Å². The number of rotatable bonds is 5. The van der Waals surface area contributed by atoms with Crippen molar-refractivity contribution in [2.75, 3.05) is 26.7 Å². The van der Waals surface area contributed by atoms with Crippen molar-refractivity contribution in [2.45, 2.75) is 25.4 Å². The van der Waals surface area contributed by atoms with Crippen LogP contribution in [0.5, 0.6) is 5.75 Å². The first-order valence-electron chi connectivity index (χ1n) is 10.5. The lowest BCUT2D eigenvalue weighted by atomic mass is 9.87. The molecule has 2 atom stereocenters. The quantitative estimate of drug-likeness (QED) is 0.685. The Morgan fingerprint density at radius 2 is 1.86 bits per heavy atom. The summed E-state index contributed by atoms with van der Waals surface area (Å²) in [6.07, 6.45) is 5.90. The maximum Gasteiger partial charge on any atom is 0.164 e. The molecular weight excluding hydrogens is 362 g/mol. The fraction of sp³-hybridized carbons (Fsp3) is 0.375. The van der Waals surface area contributed by atoms with Crippen molar-refractivity contribution < 1.29 is 9.57 Å². The molecule has 5 rings (SSSR count). The number of piperidine rings is 1. The van der Waals surface area contributed by atoms with Crippen molar-refractivity contribution in [3.05, 3.63) is 65.9 Å². The average molecular weight is 389 g/mol. The number of methoxy groups -OCH3 is 1. The molecule has 2 unspecified atom stereocenters. The van der Waals surface area contributed by atoms with Gasteiger partial charge in [-0.2, -0.15) is 0 Å². The van der Waals surface area contributed by atoms with Crippen molar-refractivity contribution in [3.63, 3.8) is 0 Å². The van der Waals surface area contributed by atoms with Crippen LogP contribution in [0.1, 0.15) is 36.5 Å². The molecule has 3 aromatic rings. The maximum atomic E-state index is 6.09. The fourth-order valence-electron chi connectivity index (χ4n) is 4.63. The van der Waals surface area contributed by atoms with E-state index in [1.54, 1.807) is 7.11 Å². The van der Waals surface area contributed by atoms with Gasteiger partial charge in [0.05, 0.1) is 18.7 Å². The molecule has 1 N–H and O–H groups in total. The molecule has 0 amide bonds. The Balaban J connectivity index is 1.49. The summed E-state index contributed by atoms with van der Waals surface area (Å²) in [5.74, 6) is 1.05. The maximum absolute atomic E-state index is 6.09. The Morgan fingerprint density at radius 1 is 1.07 bits per heavy atom. The first-order chi connectivity index (χ1) is 14.3. The minimum atomic E-state index is -0.0785. The summed E-state index contributed by atoms with van der Waals surface area (Å²) in [5.41, 5.74) is 4.47. The number of hydrogen-bond acceptors (Lipinski definition) is 4. The summed E-state index contributed by atoms with van der Waals surface area (Å²) in [6.45, 7) is 3.29. The molecule has 29 heavy (non-hydrogen) atoms. The van der Waals surface area contributed by atoms with E-state index in [0.717, 1.165) is 42.2 Å². The van der Waals surface area contributed by atoms with E-state index in [0.29, 0.717) is 0 Å². The van der Waals surface area contributed by atoms with Crippen molar-refractivity contribution in [3.8, 4) is 5.75 Å². The molecule has 1 fully saturated rings. The minimum Gasteiger partial charge on any atom is -0.497 e. The van der Waals surface area contributed by atoms with E-state index in [1.165, 1.54) is 30.2 Å². The first-order valence-corrected chi connectivity index (χ1v) is 10.5. The molecule has 1 saturated heterocycles. The van der Waals surface area contributed by atoms with Gasteiger partial charge in [-0.15, -0.1) is 0 Å². The van der Waals surface area contributed by atoms with Gasteiger partial charge in [-0.3, -0.25) is 0 Å².